The lowest BCUT2D eigenvalue weighted by Gasteiger charge is -2.22. The van der Waals surface area contributed by atoms with Crippen molar-refractivity contribution in [2.24, 2.45) is 0 Å². The van der Waals surface area contributed by atoms with Gasteiger partial charge in [-0.2, -0.15) is 13.2 Å². The molecule has 10 heteroatoms. The van der Waals surface area contributed by atoms with Crippen LogP contribution in [0.5, 0.6) is 0 Å². The van der Waals surface area contributed by atoms with Gasteiger partial charge in [-0.05, 0) is 12.5 Å². The van der Waals surface area contributed by atoms with E-state index in [1.54, 1.807) is 6.07 Å². The molecule has 0 aliphatic carbocycles. The van der Waals surface area contributed by atoms with E-state index in [4.69, 9.17) is 5.11 Å². The quantitative estimate of drug-likeness (QED) is 0.899. The molecule has 2 aromatic rings. The second kappa shape index (κ2) is 6.49. The number of anilines is 1. The van der Waals surface area contributed by atoms with Crippen LogP contribution in [0.25, 0.3) is 10.2 Å². The first-order valence-electron chi connectivity index (χ1n) is 6.58. The van der Waals surface area contributed by atoms with Crippen LogP contribution >= 0.6 is 11.3 Å². The number of carboxylic acid groups (broad SMARTS) is 1. The molecule has 0 radical (unpaired) electrons. The molecule has 0 saturated carbocycles. The molecule has 0 bridgehead atoms. The Morgan fingerprint density at radius 1 is 1.35 bits per heavy atom. The summed E-state index contributed by atoms with van der Waals surface area (Å²) >= 11 is 1.29. The Labute approximate surface area is 132 Å². The van der Waals surface area contributed by atoms with Gasteiger partial charge in [-0.25, -0.2) is 9.97 Å². The highest BCUT2D eigenvalue weighted by atomic mass is 32.1. The molecule has 0 aromatic carbocycles. The summed E-state index contributed by atoms with van der Waals surface area (Å²) in [6.45, 7) is 1.25. The number of halogens is 3. The van der Waals surface area contributed by atoms with Crippen molar-refractivity contribution in [2.45, 2.75) is 25.9 Å². The fourth-order valence-electron chi connectivity index (χ4n) is 1.95. The van der Waals surface area contributed by atoms with Gasteiger partial charge in [0.05, 0.1) is 11.8 Å². The molecule has 2 heterocycles. The van der Waals surface area contributed by atoms with Gasteiger partial charge in [0.15, 0.2) is 0 Å². The molecule has 1 amide bonds. The Bertz CT molecular complexity index is 745. The standard InChI is InChI=1S/C13H12F3N3O3S/c1-2-7-5-8-10(17-6-18-11(8)23-7)19(4-3-9(20)21)12(22)13(14,15)16/h5-6H,2-4H2,1H3,(H,20,21). The third kappa shape index (κ3) is 3.76. The number of rotatable bonds is 5. The number of aromatic nitrogens is 2. The molecule has 124 valence electrons. The summed E-state index contributed by atoms with van der Waals surface area (Å²) < 4.78 is 38.4. The normalized spacial score (nSPS) is 11.7. The van der Waals surface area contributed by atoms with E-state index in [1.807, 2.05) is 6.92 Å². The second-order valence-electron chi connectivity index (χ2n) is 4.58. The van der Waals surface area contributed by atoms with Gasteiger partial charge < -0.3 is 5.11 Å². The number of aliphatic carboxylic acids is 1. The Hall–Kier alpha value is -2.23. The summed E-state index contributed by atoms with van der Waals surface area (Å²) in [6, 6.07) is 1.62. The van der Waals surface area contributed by atoms with Crippen LogP contribution in [0.4, 0.5) is 19.0 Å². The van der Waals surface area contributed by atoms with Crippen molar-refractivity contribution in [1.29, 1.82) is 0 Å². The SMILES string of the molecule is CCc1cc2c(N(CCC(=O)O)C(=O)C(F)(F)F)ncnc2s1. The van der Waals surface area contributed by atoms with Crippen LogP contribution in [-0.4, -0.2) is 39.7 Å². The van der Waals surface area contributed by atoms with Gasteiger partial charge in [0, 0.05) is 11.4 Å². The molecule has 6 nitrogen and oxygen atoms in total. The maximum Gasteiger partial charge on any atom is 0.471 e. The van der Waals surface area contributed by atoms with Crippen LogP contribution in [0.3, 0.4) is 0 Å². The lowest BCUT2D eigenvalue weighted by atomic mass is 10.2. The monoisotopic (exact) mass is 347 g/mol. The zero-order valence-corrected chi connectivity index (χ0v) is 12.7. The summed E-state index contributed by atoms with van der Waals surface area (Å²) in [6.07, 6.45) is -4.04. The van der Waals surface area contributed by atoms with E-state index in [-0.39, 0.29) is 5.82 Å². The maximum absolute atomic E-state index is 12.8. The van der Waals surface area contributed by atoms with Gasteiger partial charge in [-0.3, -0.25) is 14.5 Å². The number of carbonyl (C=O) groups excluding carboxylic acids is 1. The van der Waals surface area contributed by atoms with Crippen molar-refractivity contribution in [3.8, 4) is 0 Å². The number of nitrogens with zero attached hydrogens (tertiary/aromatic N) is 3. The molecule has 0 saturated heterocycles. The van der Waals surface area contributed by atoms with E-state index >= 15 is 0 Å². The Morgan fingerprint density at radius 2 is 2.04 bits per heavy atom. The number of fused-ring (bicyclic) bond motifs is 1. The van der Waals surface area contributed by atoms with Crippen LogP contribution in [-0.2, 0) is 16.0 Å². The molecule has 0 aliphatic heterocycles. The first kappa shape index (κ1) is 17.1. The minimum atomic E-state index is -5.13. The van der Waals surface area contributed by atoms with Gasteiger partial charge in [0.1, 0.15) is 17.0 Å². The number of amides is 1. The lowest BCUT2D eigenvalue weighted by Crippen LogP contribution is -2.43. The molecule has 0 unspecified atom stereocenters. The summed E-state index contributed by atoms with van der Waals surface area (Å²) in [4.78, 5) is 31.7. The second-order valence-corrected chi connectivity index (χ2v) is 5.70. The highest BCUT2D eigenvalue weighted by molar-refractivity contribution is 7.18. The first-order chi connectivity index (χ1) is 10.7. The van der Waals surface area contributed by atoms with E-state index in [9.17, 15) is 22.8 Å². The summed E-state index contributed by atoms with van der Waals surface area (Å²) in [5.41, 5.74) is 0. The predicted octanol–water partition coefficient (Wildman–Crippen LogP) is 2.62. The molecule has 0 spiro atoms. The van der Waals surface area contributed by atoms with Crippen molar-refractivity contribution in [2.75, 3.05) is 11.4 Å². The van der Waals surface area contributed by atoms with Crippen LogP contribution in [0.1, 0.15) is 18.2 Å². The number of hydrogen-bond acceptors (Lipinski definition) is 5. The first-order valence-corrected chi connectivity index (χ1v) is 7.39. The number of carboxylic acids is 1. The van der Waals surface area contributed by atoms with Crippen molar-refractivity contribution in [1.82, 2.24) is 9.97 Å². The van der Waals surface area contributed by atoms with Crippen LogP contribution in [0.15, 0.2) is 12.4 Å². The van der Waals surface area contributed by atoms with E-state index in [1.165, 1.54) is 11.3 Å². The Balaban J connectivity index is 2.51. The van der Waals surface area contributed by atoms with Crippen molar-refractivity contribution in [3.05, 3.63) is 17.3 Å². The van der Waals surface area contributed by atoms with Crippen LogP contribution < -0.4 is 4.90 Å². The third-order valence-corrected chi connectivity index (χ3v) is 4.19. The molecule has 0 aliphatic rings. The minimum Gasteiger partial charge on any atom is -0.481 e. The lowest BCUT2D eigenvalue weighted by molar-refractivity contribution is -0.170. The number of aryl methyl sites for hydroxylation is 1. The number of carbonyl (C=O) groups is 2. The highest BCUT2D eigenvalue weighted by Gasteiger charge is 2.44. The van der Waals surface area contributed by atoms with E-state index in [0.29, 0.717) is 21.5 Å². The predicted molar refractivity (Wildman–Crippen MR) is 77.5 cm³/mol. The average Bonchev–Trinajstić information content (AvgIpc) is 2.89. The average molecular weight is 347 g/mol. The van der Waals surface area contributed by atoms with Gasteiger partial charge in [-0.1, -0.05) is 6.92 Å². The minimum absolute atomic E-state index is 0.227. The largest absolute Gasteiger partial charge is 0.481 e. The van der Waals surface area contributed by atoms with Crippen molar-refractivity contribution in [3.63, 3.8) is 0 Å². The van der Waals surface area contributed by atoms with E-state index in [0.717, 1.165) is 11.2 Å². The topological polar surface area (TPSA) is 83.4 Å². The molecule has 23 heavy (non-hydrogen) atoms. The molecular formula is C13H12F3N3O3S. The molecule has 2 rings (SSSR count). The Kier molecular flexibility index (Phi) is 4.83. The number of thiophene rings is 1. The molecule has 0 fully saturated rings. The number of hydrogen-bond donors (Lipinski definition) is 1. The fraction of sp³-hybridized carbons (Fsp3) is 0.385. The summed E-state index contributed by atoms with van der Waals surface area (Å²) in [5.74, 6) is -3.69. The third-order valence-electron chi connectivity index (χ3n) is 3.00. The smallest absolute Gasteiger partial charge is 0.471 e. The zero-order chi connectivity index (χ0) is 17.2. The Morgan fingerprint density at radius 3 is 2.61 bits per heavy atom. The number of alkyl halides is 3. The van der Waals surface area contributed by atoms with Gasteiger partial charge in [0.2, 0.25) is 0 Å². The summed E-state index contributed by atoms with van der Waals surface area (Å²) in [5, 5.41) is 9.00. The fourth-order valence-corrected chi connectivity index (χ4v) is 2.88. The molecule has 2 aromatic heterocycles. The van der Waals surface area contributed by atoms with Crippen LogP contribution in [0.2, 0.25) is 0 Å². The molecule has 0 atom stereocenters. The van der Waals surface area contributed by atoms with Crippen LogP contribution in [0, 0.1) is 0 Å². The van der Waals surface area contributed by atoms with Gasteiger partial charge >= 0.3 is 18.1 Å². The van der Waals surface area contributed by atoms with Gasteiger partial charge in [-0.15, -0.1) is 11.3 Å². The highest BCUT2D eigenvalue weighted by Crippen LogP contribution is 2.32. The van der Waals surface area contributed by atoms with E-state index in [2.05, 4.69) is 9.97 Å². The maximum atomic E-state index is 12.8. The molecule has 1 N–H and O–H groups in total. The molecular weight excluding hydrogens is 335 g/mol. The van der Waals surface area contributed by atoms with Gasteiger partial charge in [0.25, 0.3) is 0 Å². The van der Waals surface area contributed by atoms with Crippen molar-refractivity contribution >= 4 is 39.2 Å². The zero-order valence-electron chi connectivity index (χ0n) is 11.9. The van der Waals surface area contributed by atoms with E-state index < -0.39 is 31.0 Å². The van der Waals surface area contributed by atoms with Crippen molar-refractivity contribution < 1.29 is 27.9 Å². The summed E-state index contributed by atoms with van der Waals surface area (Å²) in [7, 11) is 0.